The van der Waals surface area contributed by atoms with E-state index in [0.29, 0.717) is 5.82 Å². The lowest BCUT2D eigenvalue weighted by atomic mass is 10.1. The number of aromatic nitrogens is 1. The zero-order valence-electron chi connectivity index (χ0n) is 14.4. The Morgan fingerprint density at radius 2 is 2.04 bits per heavy atom. The zero-order valence-corrected chi connectivity index (χ0v) is 16.0. The van der Waals surface area contributed by atoms with Gasteiger partial charge in [0.2, 0.25) is 5.82 Å². The molecule has 0 bridgehead atoms. The minimum Gasteiger partial charge on any atom is -0.354 e. The van der Waals surface area contributed by atoms with Crippen LogP contribution in [0.2, 0.25) is 0 Å². The molecule has 5 nitrogen and oxygen atoms in total. The van der Waals surface area contributed by atoms with Gasteiger partial charge in [0.25, 0.3) is 0 Å². The molecule has 0 fully saturated rings. The van der Waals surface area contributed by atoms with E-state index in [-0.39, 0.29) is 0 Å². The average molecular weight is 373 g/mol. The molecule has 1 aromatic heterocycles. The normalized spacial score (nSPS) is 11.9. The van der Waals surface area contributed by atoms with E-state index < -0.39 is 0 Å². The van der Waals surface area contributed by atoms with Crippen LogP contribution in [-0.4, -0.2) is 22.8 Å². The van der Waals surface area contributed by atoms with Crippen LogP contribution in [0.3, 0.4) is 0 Å². The molecule has 0 radical (unpaired) electrons. The van der Waals surface area contributed by atoms with E-state index in [1.54, 1.807) is 28.5 Å². The predicted molar refractivity (Wildman–Crippen MR) is 110 cm³/mol. The number of hydrogen-bond acceptors (Lipinski definition) is 7. The van der Waals surface area contributed by atoms with Gasteiger partial charge in [-0.1, -0.05) is 41.2 Å². The van der Waals surface area contributed by atoms with Gasteiger partial charge in [0.1, 0.15) is 4.38 Å². The first-order valence-electron chi connectivity index (χ1n) is 7.77. The molecule has 0 atom stereocenters. The van der Waals surface area contributed by atoms with Crippen molar-refractivity contribution < 1.29 is 4.52 Å². The maximum atomic E-state index is 5.96. The van der Waals surface area contributed by atoms with Gasteiger partial charge in [-0.15, -0.1) is 11.8 Å². The van der Waals surface area contributed by atoms with Gasteiger partial charge in [-0.3, -0.25) is 0 Å². The second-order valence-corrected chi connectivity index (χ2v) is 7.57. The number of hydrogen-bond donors (Lipinski definition) is 1. The molecule has 1 heterocycles. The minimum atomic E-state index is 0.619. The molecule has 0 aliphatic heterocycles. The maximum absolute atomic E-state index is 5.96. The van der Waals surface area contributed by atoms with Crippen molar-refractivity contribution >= 4 is 50.4 Å². The summed E-state index contributed by atoms with van der Waals surface area (Å²) in [6.45, 7) is 2.10. The third-order valence-corrected chi connectivity index (χ3v) is 5.90. The Kier molecular flexibility index (Phi) is 5.67. The Morgan fingerprint density at radius 1 is 1.24 bits per heavy atom. The minimum absolute atomic E-state index is 0.619. The molecule has 0 saturated heterocycles. The maximum Gasteiger partial charge on any atom is 0.204 e. The van der Waals surface area contributed by atoms with Crippen molar-refractivity contribution in [2.45, 2.75) is 12.7 Å². The van der Waals surface area contributed by atoms with Crippen molar-refractivity contribution in [3.8, 4) is 0 Å². The number of benzene rings is 2. The lowest BCUT2D eigenvalue weighted by molar-refractivity contribution is 0.459. The summed E-state index contributed by atoms with van der Waals surface area (Å²) >= 11 is 3.28. The fraction of sp³-hybridized carbons (Fsp3) is 0.222. The molecule has 25 heavy (non-hydrogen) atoms. The highest BCUT2D eigenvalue weighted by atomic mass is 32.2. The number of rotatable bonds is 4. The largest absolute Gasteiger partial charge is 0.354 e. The summed E-state index contributed by atoms with van der Waals surface area (Å²) in [4.78, 5) is 4.68. The zero-order chi connectivity index (χ0) is 17.8. The Hall–Kier alpha value is -1.96. The van der Waals surface area contributed by atoms with E-state index in [1.807, 2.05) is 49.7 Å². The molecular formula is C18H20N4OS2. The number of anilines is 1. The SMILES string of the molecule is CSC(=Nc1noc2ccccc12)SCc1c(C)cccc1N(C)N. The lowest BCUT2D eigenvalue weighted by Gasteiger charge is -2.18. The van der Waals surface area contributed by atoms with E-state index in [1.165, 1.54) is 11.1 Å². The molecule has 0 saturated carbocycles. The third kappa shape index (κ3) is 4.00. The van der Waals surface area contributed by atoms with Crippen LogP contribution in [-0.2, 0) is 5.75 Å². The highest BCUT2D eigenvalue weighted by Crippen LogP contribution is 2.31. The molecule has 7 heteroatoms. The number of nitrogens with zero attached hydrogens (tertiary/aromatic N) is 3. The van der Waals surface area contributed by atoms with E-state index in [4.69, 9.17) is 10.4 Å². The smallest absolute Gasteiger partial charge is 0.204 e. The highest BCUT2D eigenvalue weighted by molar-refractivity contribution is 8.38. The Morgan fingerprint density at radius 3 is 2.80 bits per heavy atom. The molecular weight excluding hydrogens is 352 g/mol. The number of hydrazine groups is 1. The van der Waals surface area contributed by atoms with Crippen LogP contribution in [0.15, 0.2) is 52.0 Å². The van der Waals surface area contributed by atoms with Crippen LogP contribution >= 0.6 is 23.5 Å². The van der Waals surface area contributed by atoms with Gasteiger partial charge in [0.15, 0.2) is 5.58 Å². The first kappa shape index (κ1) is 17.8. The molecule has 3 aromatic rings. The number of thioether (sulfide) groups is 2. The van der Waals surface area contributed by atoms with Crippen LogP contribution in [0.5, 0.6) is 0 Å². The molecule has 3 rings (SSSR count). The first-order chi connectivity index (χ1) is 12.1. The first-order valence-corrected chi connectivity index (χ1v) is 9.98. The Bertz CT molecular complexity index is 905. The van der Waals surface area contributed by atoms with Gasteiger partial charge in [0, 0.05) is 12.8 Å². The van der Waals surface area contributed by atoms with Crippen molar-refractivity contribution in [1.82, 2.24) is 5.16 Å². The number of nitrogens with two attached hydrogens (primary N) is 1. The number of para-hydroxylation sites is 1. The van der Waals surface area contributed by atoms with Gasteiger partial charge in [-0.25, -0.2) is 10.8 Å². The molecule has 2 N–H and O–H groups in total. The lowest BCUT2D eigenvalue weighted by Crippen LogP contribution is -2.26. The van der Waals surface area contributed by atoms with Crippen molar-refractivity contribution in [3.63, 3.8) is 0 Å². The summed E-state index contributed by atoms with van der Waals surface area (Å²) in [6.07, 6.45) is 2.02. The third-order valence-electron chi connectivity index (χ3n) is 3.84. The molecule has 0 unspecified atom stereocenters. The number of aliphatic imine (C=N–C) groups is 1. The van der Waals surface area contributed by atoms with Crippen molar-refractivity contribution in [1.29, 1.82) is 0 Å². The molecule has 130 valence electrons. The fourth-order valence-corrected chi connectivity index (χ4v) is 4.14. The summed E-state index contributed by atoms with van der Waals surface area (Å²) < 4.78 is 6.27. The van der Waals surface area contributed by atoms with Gasteiger partial charge < -0.3 is 9.53 Å². The number of aryl methyl sites for hydroxylation is 1. The summed E-state index contributed by atoms with van der Waals surface area (Å²) in [5, 5.41) is 6.66. The summed E-state index contributed by atoms with van der Waals surface area (Å²) in [7, 11) is 1.86. The topological polar surface area (TPSA) is 67.7 Å². The molecule has 0 aliphatic rings. The van der Waals surface area contributed by atoms with Gasteiger partial charge >= 0.3 is 0 Å². The van der Waals surface area contributed by atoms with E-state index in [0.717, 1.165) is 26.8 Å². The van der Waals surface area contributed by atoms with E-state index in [9.17, 15) is 0 Å². The van der Waals surface area contributed by atoms with Crippen LogP contribution in [0.1, 0.15) is 11.1 Å². The van der Waals surface area contributed by atoms with Crippen molar-refractivity contribution in [2.75, 3.05) is 18.3 Å². The summed E-state index contributed by atoms with van der Waals surface area (Å²) in [6, 6.07) is 13.9. The fourth-order valence-electron chi connectivity index (χ4n) is 2.52. The van der Waals surface area contributed by atoms with Crippen LogP contribution < -0.4 is 10.9 Å². The molecule has 2 aromatic carbocycles. The molecule has 0 aliphatic carbocycles. The monoisotopic (exact) mass is 372 g/mol. The van der Waals surface area contributed by atoms with E-state index in [2.05, 4.69) is 23.1 Å². The highest BCUT2D eigenvalue weighted by Gasteiger charge is 2.12. The van der Waals surface area contributed by atoms with Crippen LogP contribution in [0.4, 0.5) is 11.5 Å². The Balaban J connectivity index is 1.84. The van der Waals surface area contributed by atoms with Gasteiger partial charge in [-0.2, -0.15) is 0 Å². The summed E-state index contributed by atoms with van der Waals surface area (Å²) in [5.41, 5.74) is 4.20. The Labute approximate surface area is 155 Å². The van der Waals surface area contributed by atoms with E-state index >= 15 is 0 Å². The quantitative estimate of drug-likeness (QED) is 0.309. The van der Waals surface area contributed by atoms with Gasteiger partial charge in [0.05, 0.1) is 11.1 Å². The van der Waals surface area contributed by atoms with Crippen molar-refractivity contribution in [2.24, 2.45) is 10.8 Å². The van der Waals surface area contributed by atoms with Gasteiger partial charge in [-0.05, 0) is 42.5 Å². The predicted octanol–water partition coefficient (Wildman–Crippen LogP) is 4.73. The molecule has 0 spiro atoms. The standard InChI is InChI=1S/C18H20N4OS2/c1-12-7-6-9-15(22(2)19)14(12)11-25-18(24-3)20-17-13-8-4-5-10-16(13)23-21-17/h4-10H,11,19H2,1-3H3. The average Bonchev–Trinajstić information content (AvgIpc) is 3.02. The van der Waals surface area contributed by atoms with Crippen molar-refractivity contribution in [3.05, 3.63) is 53.6 Å². The molecule has 0 amide bonds. The van der Waals surface area contributed by atoms with Crippen LogP contribution in [0.25, 0.3) is 11.0 Å². The second kappa shape index (κ2) is 7.95. The summed E-state index contributed by atoms with van der Waals surface area (Å²) in [5.74, 6) is 7.37. The second-order valence-electron chi connectivity index (χ2n) is 5.56. The number of fused-ring (bicyclic) bond motifs is 1. The van der Waals surface area contributed by atoms with Crippen LogP contribution in [0, 0.1) is 6.92 Å².